The molecule has 0 saturated heterocycles. The van der Waals surface area contributed by atoms with Crippen molar-refractivity contribution in [1.82, 2.24) is 0 Å². The molecule has 0 aromatic heterocycles. The van der Waals surface area contributed by atoms with Crippen molar-refractivity contribution in [3.8, 4) is 0 Å². The number of hydrogen-bond donors (Lipinski definition) is 0. The van der Waals surface area contributed by atoms with E-state index in [1.165, 1.54) is 0 Å². The van der Waals surface area contributed by atoms with E-state index in [2.05, 4.69) is 6.07 Å². The fraction of sp³-hybridized carbons (Fsp3) is 0.471. The van der Waals surface area contributed by atoms with Crippen LogP contribution in [0.2, 0.25) is 0 Å². The monoisotopic (exact) mass is 270 g/mol. The van der Waals surface area contributed by atoms with E-state index in [4.69, 9.17) is 0 Å². The molecule has 2 aliphatic rings. The molecule has 0 heterocycles. The van der Waals surface area contributed by atoms with E-state index < -0.39 is 0 Å². The molecular weight excluding hydrogens is 252 g/mol. The largest absolute Gasteiger partial charge is 0.299 e. The van der Waals surface area contributed by atoms with E-state index in [1.54, 1.807) is 0 Å². The fourth-order valence-corrected chi connectivity index (χ4v) is 3.86. The zero-order valence-corrected chi connectivity index (χ0v) is 11.9. The minimum absolute atomic E-state index is 0.0249. The van der Waals surface area contributed by atoms with Gasteiger partial charge in [-0.15, -0.1) is 0 Å². The van der Waals surface area contributed by atoms with Crippen LogP contribution in [0.15, 0.2) is 6.07 Å². The molecule has 1 aromatic rings. The van der Waals surface area contributed by atoms with Gasteiger partial charge in [-0.2, -0.15) is 0 Å². The van der Waals surface area contributed by atoms with Crippen LogP contribution >= 0.6 is 0 Å². The van der Waals surface area contributed by atoms with Gasteiger partial charge < -0.3 is 0 Å². The molecular formula is C17H18O3. The van der Waals surface area contributed by atoms with Crippen LogP contribution in [0.5, 0.6) is 0 Å². The number of ketones is 3. The Kier molecular flexibility index (Phi) is 3.08. The van der Waals surface area contributed by atoms with Crippen LogP contribution in [-0.2, 0) is 16.0 Å². The van der Waals surface area contributed by atoms with Crippen LogP contribution in [-0.4, -0.2) is 17.3 Å². The first-order valence-electron chi connectivity index (χ1n) is 7.17. The molecule has 0 spiro atoms. The molecule has 0 radical (unpaired) electrons. The quantitative estimate of drug-likeness (QED) is 0.737. The number of benzene rings is 1. The highest BCUT2D eigenvalue weighted by Gasteiger charge is 2.31. The van der Waals surface area contributed by atoms with Gasteiger partial charge in [-0.05, 0) is 48.4 Å². The van der Waals surface area contributed by atoms with Gasteiger partial charge in [-0.3, -0.25) is 14.4 Å². The molecule has 3 rings (SSSR count). The Morgan fingerprint density at radius 2 is 1.65 bits per heavy atom. The van der Waals surface area contributed by atoms with Gasteiger partial charge in [0, 0.05) is 24.8 Å². The number of fused-ring (bicyclic) bond motifs is 1. The van der Waals surface area contributed by atoms with E-state index in [1.807, 2.05) is 13.8 Å². The van der Waals surface area contributed by atoms with Gasteiger partial charge in [0.15, 0.2) is 5.78 Å². The van der Waals surface area contributed by atoms with Crippen LogP contribution in [0.25, 0.3) is 0 Å². The summed E-state index contributed by atoms with van der Waals surface area (Å²) in [6.07, 6.45) is 2.35. The molecule has 20 heavy (non-hydrogen) atoms. The van der Waals surface area contributed by atoms with E-state index in [0.717, 1.165) is 34.2 Å². The standard InChI is InChI=1S/C17H18O3/c1-9-5-11-3-4-15(20)17(11)10(2)16(9)12-6-13(18)8-14(19)7-12/h5,12H,3-4,6-8H2,1-2H3. The summed E-state index contributed by atoms with van der Waals surface area (Å²) in [6, 6.07) is 2.08. The number of hydrogen-bond acceptors (Lipinski definition) is 3. The normalized spacial score (nSPS) is 19.6. The molecule has 3 nitrogen and oxygen atoms in total. The molecule has 3 heteroatoms. The van der Waals surface area contributed by atoms with Gasteiger partial charge in [0.25, 0.3) is 0 Å². The van der Waals surface area contributed by atoms with Gasteiger partial charge in [0.05, 0.1) is 6.42 Å². The minimum Gasteiger partial charge on any atom is -0.299 e. The van der Waals surface area contributed by atoms with Crippen molar-refractivity contribution in [3.63, 3.8) is 0 Å². The van der Waals surface area contributed by atoms with Crippen LogP contribution in [0.4, 0.5) is 0 Å². The third-order valence-corrected chi connectivity index (χ3v) is 4.57. The molecule has 104 valence electrons. The Morgan fingerprint density at radius 1 is 1.00 bits per heavy atom. The lowest BCUT2D eigenvalue weighted by molar-refractivity contribution is -0.130. The lowest BCUT2D eigenvalue weighted by atomic mass is 9.77. The summed E-state index contributed by atoms with van der Waals surface area (Å²) in [4.78, 5) is 35.4. The van der Waals surface area contributed by atoms with Crippen molar-refractivity contribution in [2.24, 2.45) is 0 Å². The van der Waals surface area contributed by atoms with Crippen LogP contribution < -0.4 is 0 Å². The predicted octanol–water partition coefficient (Wildman–Crippen LogP) is 2.84. The Labute approximate surface area is 118 Å². The maximum Gasteiger partial charge on any atom is 0.163 e. The topological polar surface area (TPSA) is 51.2 Å². The van der Waals surface area contributed by atoms with Gasteiger partial charge in [-0.1, -0.05) is 6.07 Å². The number of carbonyl (C=O) groups excluding carboxylic acids is 3. The summed E-state index contributed by atoms with van der Waals surface area (Å²) in [5.74, 6) is 0.211. The van der Waals surface area contributed by atoms with Gasteiger partial charge in [0.1, 0.15) is 11.6 Å². The summed E-state index contributed by atoms with van der Waals surface area (Å²) in [6.45, 7) is 3.99. The van der Waals surface area contributed by atoms with E-state index in [-0.39, 0.29) is 29.7 Å². The van der Waals surface area contributed by atoms with E-state index in [9.17, 15) is 14.4 Å². The first-order valence-corrected chi connectivity index (χ1v) is 7.17. The highest BCUT2D eigenvalue weighted by Crippen LogP contribution is 2.38. The average Bonchev–Trinajstić information content (AvgIpc) is 2.69. The van der Waals surface area contributed by atoms with Gasteiger partial charge in [-0.25, -0.2) is 0 Å². The molecule has 2 aliphatic carbocycles. The van der Waals surface area contributed by atoms with Crippen LogP contribution in [0.1, 0.15) is 64.2 Å². The lowest BCUT2D eigenvalue weighted by Crippen LogP contribution is -2.23. The smallest absolute Gasteiger partial charge is 0.163 e. The summed E-state index contributed by atoms with van der Waals surface area (Å²) < 4.78 is 0. The first-order chi connectivity index (χ1) is 9.47. The van der Waals surface area contributed by atoms with Crippen molar-refractivity contribution in [3.05, 3.63) is 33.9 Å². The SMILES string of the molecule is Cc1cc2c(c(C)c1C1CC(=O)CC(=O)C1)C(=O)CC2. The summed E-state index contributed by atoms with van der Waals surface area (Å²) >= 11 is 0. The Balaban J connectivity index is 2.10. The average molecular weight is 270 g/mol. The van der Waals surface area contributed by atoms with Crippen molar-refractivity contribution in [2.45, 2.75) is 51.9 Å². The van der Waals surface area contributed by atoms with Gasteiger partial charge in [0.2, 0.25) is 0 Å². The predicted molar refractivity (Wildman–Crippen MR) is 75.2 cm³/mol. The fourth-order valence-electron chi connectivity index (χ4n) is 3.86. The molecule has 1 fully saturated rings. The Hall–Kier alpha value is -1.77. The molecule has 0 bridgehead atoms. The van der Waals surface area contributed by atoms with E-state index >= 15 is 0 Å². The maximum absolute atomic E-state index is 12.0. The highest BCUT2D eigenvalue weighted by molar-refractivity contribution is 6.04. The second-order valence-electron chi connectivity index (χ2n) is 6.05. The third kappa shape index (κ3) is 2.01. The molecule has 1 aromatic carbocycles. The molecule has 0 N–H and O–H groups in total. The van der Waals surface area contributed by atoms with Crippen molar-refractivity contribution >= 4 is 17.3 Å². The molecule has 0 amide bonds. The maximum atomic E-state index is 12.0. The van der Waals surface area contributed by atoms with Crippen molar-refractivity contribution < 1.29 is 14.4 Å². The van der Waals surface area contributed by atoms with Crippen LogP contribution in [0, 0.1) is 13.8 Å². The number of rotatable bonds is 1. The summed E-state index contributed by atoms with van der Waals surface area (Å²) in [5, 5.41) is 0. The van der Waals surface area contributed by atoms with Crippen molar-refractivity contribution in [2.75, 3.05) is 0 Å². The Bertz CT molecular complexity index is 624. The molecule has 1 saturated carbocycles. The second-order valence-corrected chi connectivity index (χ2v) is 6.05. The molecule has 0 atom stereocenters. The number of Topliss-reactive ketones (excluding diaryl/α,β-unsaturated/α-hetero) is 3. The van der Waals surface area contributed by atoms with Crippen molar-refractivity contribution in [1.29, 1.82) is 0 Å². The number of aryl methyl sites for hydroxylation is 2. The molecule has 0 aliphatic heterocycles. The highest BCUT2D eigenvalue weighted by atomic mass is 16.1. The van der Waals surface area contributed by atoms with Crippen LogP contribution in [0.3, 0.4) is 0 Å². The zero-order chi connectivity index (χ0) is 14.4. The first kappa shape index (κ1) is 13.2. The minimum atomic E-state index is -0.0394. The molecule has 0 unspecified atom stereocenters. The Morgan fingerprint density at radius 3 is 2.30 bits per heavy atom. The second kappa shape index (κ2) is 4.65. The van der Waals surface area contributed by atoms with Gasteiger partial charge >= 0.3 is 0 Å². The number of carbonyl (C=O) groups is 3. The van der Waals surface area contributed by atoms with E-state index in [0.29, 0.717) is 19.3 Å². The zero-order valence-electron chi connectivity index (χ0n) is 11.9. The lowest BCUT2D eigenvalue weighted by Gasteiger charge is -2.25. The summed E-state index contributed by atoms with van der Waals surface area (Å²) in [7, 11) is 0. The summed E-state index contributed by atoms with van der Waals surface area (Å²) in [5.41, 5.74) is 5.14. The third-order valence-electron chi connectivity index (χ3n) is 4.57.